The molecule has 0 spiro atoms. The Hall–Kier alpha value is -1.55. The number of esters is 1. The Labute approximate surface area is 127 Å². The SMILES string of the molecule is CCOC(=O)C(C)Oc1ccc(C)cc1CNCC(C)C. The van der Waals surface area contributed by atoms with Gasteiger partial charge in [-0.1, -0.05) is 31.5 Å². The number of carbonyl (C=O) groups is 1. The van der Waals surface area contributed by atoms with Gasteiger partial charge >= 0.3 is 5.97 Å². The molecule has 1 N–H and O–H groups in total. The Balaban J connectivity index is 2.74. The minimum Gasteiger partial charge on any atom is -0.479 e. The fourth-order valence-electron chi connectivity index (χ4n) is 1.96. The van der Waals surface area contributed by atoms with Crippen molar-refractivity contribution in [2.75, 3.05) is 13.2 Å². The highest BCUT2D eigenvalue weighted by Gasteiger charge is 2.17. The predicted octanol–water partition coefficient (Wildman–Crippen LogP) is 3.07. The second-order valence-corrected chi connectivity index (χ2v) is 5.65. The summed E-state index contributed by atoms with van der Waals surface area (Å²) >= 11 is 0. The summed E-state index contributed by atoms with van der Waals surface area (Å²) in [6, 6.07) is 5.98. The second kappa shape index (κ2) is 8.67. The smallest absolute Gasteiger partial charge is 0.347 e. The summed E-state index contributed by atoms with van der Waals surface area (Å²) < 4.78 is 10.7. The molecule has 1 aromatic rings. The van der Waals surface area contributed by atoms with Gasteiger partial charge in [-0.2, -0.15) is 0 Å². The number of benzene rings is 1. The number of aryl methyl sites for hydroxylation is 1. The van der Waals surface area contributed by atoms with Crippen molar-refractivity contribution in [2.24, 2.45) is 5.92 Å². The molecule has 0 saturated heterocycles. The van der Waals surface area contributed by atoms with Crippen LogP contribution >= 0.6 is 0 Å². The van der Waals surface area contributed by atoms with Crippen molar-refractivity contribution in [3.63, 3.8) is 0 Å². The molecule has 1 aromatic carbocycles. The van der Waals surface area contributed by atoms with Gasteiger partial charge in [0.1, 0.15) is 5.75 Å². The maximum Gasteiger partial charge on any atom is 0.347 e. The fraction of sp³-hybridized carbons (Fsp3) is 0.588. The fourth-order valence-corrected chi connectivity index (χ4v) is 1.96. The standard InChI is InChI=1S/C17H27NO3/c1-6-20-17(19)14(5)21-16-8-7-13(4)9-15(16)11-18-10-12(2)3/h7-9,12,14,18H,6,10-11H2,1-5H3. The van der Waals surface area contributed by atoms with Crippen LogP contribution in [0.25, 0.3) is 0 Å². The van der Waals surface area contributed by atoms with Crippen LogP contribution in [0.2, 0.25) is 0 Å². The Morgan fingerprint density at radius 1 is 1.29 bits per heavy atom. The monoisotopic (exact) mass is 293 g/mol. The number of rotatable bonds is 8. The predicted molar refractivity (Wildman–Crippen MR) is 84.4 cm³/mol. The van der Waals surface area contributed by atoms with Gasteiger partial charge in [0.2, 0.25) is 0 Å². The summed E-state index contributed by atoms with van der Waals surface area (Å²) in [6.45, 7) is 11.9. The average molecular weight is 293 g/mol. The first-order valence-electron chi connectivity index (χ1n) is 7.57. The number of ether oxygens (including phenoxy) is 2. The first kappa shape index (κ1) is 17.5. The largest absolute Gasteiger partial charge is 0.479 e. The van der Waals surface area contributed by atoms with E-state index >= 15 is 0 Å². The van der Waals surface area contributed by atoms with Crippen molar-refractivity contribution < 1.29 is 14.3 Å². The molecule has 0 aromatic heterocycles. The van der Waals surface area contributed by atoms with Crippen LogP contribution in [0.3, 0.4) is 0 Å². The van der Waals surface area contributed by atoms with Gasteiger partial charge in [-0.05, 0) is 39.3 Å². The zero-order valence-electron chi connectivity index (χ0n) is 13.7. The van der Waals surface area contributed by atoms with E-state index in [1.807, 2.05) is 19.1 Å². The molecule has 0 aliphatic heterocycles. The summed E-state index contributed by atoms with van der Waals surface area (Å²) in [5, 5.41) is 3.40. The van der Waals surface area contributed by atoms with Gasteiger partial charge in [-0.15, -0.1) is 0 Å². The van der Waals surface area contributed by atoms with Crippen LogP contribution in [0.15, 0.2) is 18.2 Å². The summed E-state index contributed by atoms with van der Waals surface area (Å²) in [7, 11) is 0. The molecule has 1 atom stereocenters. The molecule has 0 bridgehead atoms. The number of hydrogen-bond acceptors (Lipinski definition) is 4. The van der Waals surface area contributed by atoms with Crippen LogP contribution in [0.4, 0.5) is 0 Å². The summed E-state index contributed by atoms with van der Waals surface area (Å²) in [5.41, 5.74) is 2.24. The third-order valence-corrected chi connectivity index (χ3v) is 3.01. The molecule has 0 aliphatic carbocycles. The van der Waals surface area contributed by atoms with Crippen molar-refractivity contribution in [1.82, 2.24) is 5.32 Å². The van der Waals surface area contributed by atoms with E-state index in [1.165, 1.54) is 5.56 Å². The van der Waals surface area contributed by atoms with Gasteiger partial charge in [0.25, 0.3) is 0 Å². The molecule has 4 heteroatoms. The van der Waals surface area contributed by atoms with E-state index in [0.717, 1.165) is 24.4 Å². The lowest BCUT2D eigenvalue weighted by molar-refractivity contribution is -0.150. The zero-order chi connectivity index (χ0) is 15.8. The van der Waals surface area contributed by atoms with Crippen molar-refractivity contribution in [2.45, 2.75) is 47.3 Å². The van der Waals surface area contributed by atoms with Crippen LogP contribution in [0, 0.1) is 12.8 Å². The molecule has 0 amide bonds. The third kappa shape index (κ3) is 6.17. The first-order chi connectivity index (χ1) is 9.93. The summed E-state index contributed by atoms with van der Waals surface area (Å²) in [5.74, 6) is 0.995. The minimum absolute atomic E-state index is 0.334. The van der Waals surface area contributed by atoms with E-state index in [4.69, 9.17) is 9.47 Å². The Morgan fingerprint density at radius 2 is 2.00 bits per heavy atom. The molecule has 0 aliphatic rings. The van der Waals surface area contributed by atoms with Crippen LogP contribution in [-0.4, -0.2) is 25.2 Å². The highest BCUT2D eigenvalue weighted by Crippen LogP contribution is 2.21. The van der Waals surface area contributed by atoms with Gasteiger partial charge in [0.15, 0.2) is 6.10 Å². The van der Waals surface area contributed by atoms with E-state index in [-0.39, 0.29) is 5.97 Å². The van der Waals surface area contributed by atoms with Crippen molar-refractivity contribution in [3.05, 3.63) is 29.3 Å². The van der Waals surface area contributed by atoms with E-state index < -0.39 is 6.10 Å². The first-order valence-corrected chi connectivity index (χ1v) is 7.57. The quantitative estimate of drug-likeness (QED) is 0.748. The maximum absolute atomic E-state index is 11.7. The van der Waals surface area contributed by atoms with E-state index in [1.54, 1.807) is 13.8 Å². The zero-order valence-corrected chi connectivity index (χ0v) is 13.7. The van der Waals surface area contributed by atoms with Crippen LogP contribution in [0.5, 0.6) is 5.75 Å². The molecule has 0 radical (unpaired) electrons. The van der Waals surface area contributed by atoms with Crippen LogP contribution in [0.1, 0.15) is 38.8 Å². The molecule has 4 nitrogen and oxygen atoms in total. The van der Waals surface area contributed by atoms with Crippen molar-refractivity contribution in [3.8, 4) is 5.75 Å². The molecule has 1 unspecified atom stereocenters. The molecular weight excluding hydrogens is 266 g/mol. The lowest BCUT2D eigenvalue weighted by Gasteiger charge is -2.17. The maximum atomic E-state index is 11.7. The minimum atomic E-state index is -0.600. The summed E-state index contributed by atoms with van der Waals surface area (Å²) in [6.07, 6.45) is -0.600. The lowest BCUT2D eigenvalue weighted by atomic mass is 10.1. The Bertz CT molecular complexity index is 457. The van der Waals surface area contributed by atoms with Crippen molar-refractivity contribution >= 4 is 5.97 Å². The highest BCUT2D eigenvalue weighted by atomic mass is 16.6. The summed E-state index contributed by atoms with van der Waals surface area (Å²) in [4.78, 5) is 11.7. The van der Waals surface area contributed by atoms with Gasteiger partial charge in [0.05, 0.1) is 6.61 Å². The van der Waals surface area contributed by atoms with Crippen LogP contribution in [-0.2, 0) is 16.1 Å². The molecular formula is C17H27NO3. The normalized spacial score (nSPS) is 12.3. The number of carbonyl (C=O) groups excluding carboxylic acids is 1. The molecule has 0 saturated carbocycles. The van der Waals surface area contributed by atoms with E-state index in [9.17, 15) is 4.79 Å². The van der Waals surface area contributed by atoms with E-state index in [2.05, 4.69) is 25.2 Å². The second-order valence-electron chi connectivity index (χ2n) is 5.65. The van der Waals surface area contributed by atoms with Crippen molar-refractivity contribution in [1.29, 1.82) is 0 Å². The average Bonchev–Trinajstić information content (AvgIpc) is 2.41. The molecule has 118 valence electrons. The lowest BCUT2D eigenvalue weighted by Crippen LogP contribution is -2.27. The van der Waals surface area contributed by atoms with Gasteiger partial charge < -0.3 is 14.8 Å². The topological polar surface area (TPSA) is 47.6 Å². The molecule has 1 rings (SSSR count). The molecule has 21 heavy (non-hydrogen) atoms. The van der Waals surface area contributed by atoms with Gasteiger partial charge in [-0.25, -0.2) is 4.79 Å². The Kier molecular flexibility index (Phi) is 7.23. The van der Waals surface area contributed by atoms with Gasteiger partial charge in [0, 0.05) is 12.1 Å². The number of hydrogen-bond donors (Lipinski definition) is 1. The molecule has 0 fully saturated rings. The highest BCUT2D eigenvalue weighted by molar-refractivity contribution is 5.74. The number of nitrogens with one attached hydrogen (secondary N) is 1. The van der Waals surface area contributed by atoms with Gasteiger partial charge in [-0.3, -0.25) is 0 Å². The van der Waals surface area contributed by atoms with Crippen LogP contribution < -0.4 is 10.1 Å². The third-order valence-electron chi connectivity index (χ3n) is 3.01. The van der Waals surface area contributed by atoms with E-state index in [0.29, 0.717) is 12.5 Å². The molecule has 0 heterocycles. The Morgan fingerprint density at radius 3 is 2.62 bits per heavy atom.